The summed E-state index contributed by atoms with van der Waals surface area (Å²) in [6.45, 7) is 2.76. The lowest BCUT2D eigenvalue weighted by atomic mass is 10.0. The Kier molecular flexibility index (Phi) is 5.02. The maximum atomic E-state index is 13.8. The molecule has 0 saturated carbocycles. The van der Waals surface area contributed by atoms with Crippen LogP contribution in [0, 0.1) is 5.82 Å². The van der Waals surface area contributed by atoms with Crippen molar-refractivity contribution in [1.29, 1.82) is 0 Å². The number of rotatable bonds is 5. The van der Waals surface area contributed by atoms with E-state index in [1.807, 2.05) is 13.0 Å². The Morgan fingerprint density at radius 3 is 2.79 bits per heavy atom. The van der Waals surface area contributed by atoms with Gasteiger partial charge in [0.25, 0.3) is 0 Å². The first kappa shape index (κ1) is 14.6. The van der Waals surface area contributed by atoms with Crippen molar-refractivity contribution < 1.29 is 8.81 Å². The molecule has 2 aromatic rings. The van der Waals surface area contributed by atoms with Crippen LogP contribution < -0.4 is 5.32 Å². The Labute approximate surface area is 125 Å². The molecule has 19 heavy (non-hydrogen) atoms. The molecular weight excluding hydrogens is 333 g/mol. The molecule has 0 spiro atoms. The third-order valence-corrected chi connectivity index (χ3v) is 3.52. The van der Waals surface area contributed by atoms with E-state index in [1.54, 1.807) is 18.2 Å². The predicted molar refractivity (Wildman–Crippen MR) is 77.9 cm³/mol. The predicted octanol–water partition coefficient (Wildman–Crippen LogP) is 4.73. The number of nitrogens with one attached hydrogen (secondary N) is 1. The molecule has 1 aromatic carbocycles. The number of hydrogen-bond donors (Lipinski definition) is 1. The molecule has 0 amide bonds. The fourth-order valence-corrected chi connectivity index (χ4v) is 2.52. The molecule has 102 valence electrons. The molecule has 1 heterocycles. The van der Waals surface area contributed by atoms with Crippen molar-refractivity contribution >= 4 is 27.5 Å². The van der Waals surface area contributed by atoms with E-state index < -0.39 is 0 Å². The maximum Gasteiger partial charge on any atom is 0.193 e. The molecular formula is C14H14BrClFNO. The van der Waals surface area contributed by atoms with Crippen molar-refractivity contribution in [2.45, 2.75) is 19.4 Å². The van der Waals surface area contributed by atoms with Crippen molar-refractivity contribution in [3.05, 3.63) is 57.2 Å². The first-order valence-corrected chi connectivity index (χ1v) is 7.19. The van der Waals surface area contributed by atoms with Crippen LogP contribution in [0.3, 0.4) is 0 Å². The first-order chi connectivity index (χ1) is 9.10. The van der Waals surface area contributed by atoms with Gasteiger partial charge in [-0.2, -0.15) is 0 Å². The molecule has 2 rings (SSSR count). The second-order valence-electron chi connectivity index (χ2n) is 4.19. The summed E-state index contributed by atoms with van der Waals surface area (Å²) >= 11 is 9.14. The summed E-state index contributed by atoms with van der Waals surface area (Å²) in [5.41, 5.74) is 0.632. The van der Waals surface area contributed by atoms with E-state index in [1.165, 1.54) is 6.07 Å². The molecule has 1 N–H and O–H groups in total. The highest BCUT2D eigenvalue weighted by atomic mass is 79.9. The smallest absolute Gasteiger partial charge is 0.193 e. The second-order valence-corrected chi connectivity index (χ2v) is 5.48. The Hall–Kier alpha value is -0.840. The number of furan rings is 1. The fourth-order valence-electron chi connectivity index (χ4n) is 1.95. The maximum absolute atomic E-state index is 13.8. The van der Waals surface area contributed by atoms with Crippen molar-refractivity contribution in [2.75, 3.05) is 6.54 Å². The number of likely N-dealkylation sites (N-methyl/N-ethyl adjacent to an activating group) is 1. The van der Waals surface area contributed by atoms with Crippen molar-refractivity contribution in [3.63, 3.8) is 0 Å². The minimum atomic E-state index is -0.219. The van der Waals surface area contributed by atoms with Crippen LogP contribution in [0.25, 0.3) is 0 Å². The monoisotopic (exact) mass is 345 g/mol. The van der Waals surface area contributed by atoms with Crippen LogP contribution in [-0.2, 0) is 6.42 Å². The largest absolute Gasteiger partial charge is 0.448 e. The lowest BCUT2D eigenvalue weighted by molar-refractivity contribution is 0.413. The fraction of sp³-hybridized carbons (Fsp3) is 0.286. The van der Waals surface area contributed by atoms with Crippen LogP contribution in [0.4, 0.5) is 4.39 Å². The zero-order valence-corrected chi connectivity index (χ0v) is 12.8. The molecule has 0 aliphatic heterocycles. The van der Waals surface area contributed by atoms with Crippen molar-refractivity contribution in [1.82, 2.24) is 5.32 Å². The lowest BCUT2D eigenvalue weighted by Gasteiger charge is -2.16. The summed E-state index contributed by atoms with van der Waals surface area (Å²) in [6, 6.07) is 8.33. The molecule has 0 bridgehead atoms. The molecule has 5 heteroatoms. The zero-order chi connectivity index (χ0) is 13.8. The van der Waals surface area contributed by atoms with Crippen LogP contribution in [0.15, 0.2) is 39.2 Å². The normalized spacial score (nSPS) is 12.6. The van der Waals surface area contributed by atoms with E-state index in [9.17, 15) is 4.39 Å². The van der Waals surface area contributed by atoms with Gasteiger partial charge >= 0.3 is 0 Å². The van der Waals surface area contributed by atoms with Crippen LogP contribution in [0.2, 0.25) is 5.22 Å². The molecule has 0 saturated heterocycles. The van der Waals surface area contributed by atoms with E-state index in [-0.39, 0.29) is 11.9 Å². The van der Waals surface area contributed by atoms with Crippen LogP contribution in [0.5, 0.6) is 0 Å². The molecule has 0 aliphatic rings. The third kappa shape index (κ3) is 3.81. The van der Waals surface area contributed by atoms with Gasteiger partial charge in [-0.3, -0.25) is 0 Å². The molecule has 0 fully saturated rings. The molecule has 2 nitrogen and oxygen atoms in total. The topological polar surface area (TPSA) is 25.2 Å². The van der Waals surface area contributed by atoms with Crippen LogP contribution in [0.1, 0.15) is 24.3 Å². The van der Waals surface area contributed by atoms with Gasteiger partial charge in [-0.05, 0) is 60.5 Å². The van der Waals surface area contributed by atoms with Crippen LogP contribution in [-0.4, -0.2) is 6.54 Å². The quantitative estimate of drug-likeness (QED) is 0.847. The van der Waals surface area contributed by atoms with E-state index in [4.69, 9.17) is 16.0 Å². The molecule has 1 unspecified atom stereocenters. The van der Waals surface area contributed by atoms with Gasteiger partial charge in [0.2, 0.25) is 0 Å². The van der Waals surface area contributed by atoms with Crippen molar-refractivity contribution in [2.24, 2.45) is 0 Å². The van der Waals surface area contributed by atoms with Gasteiger partial charge in [0.1, 0.15) is 11.6 Å². The van der Waals surface area contributed by atoms with Gasteiger partial charge in [-0.25, -0.2) is 4.39 Å². The summed E-state index contributed by atoms with van der Waals surface area (Å²) in [4.78, 5) is 0. The highest BCUT2D eigenvalue weighted by Crippen LogP contribution is 2.25. The van der Waals surface area contributed by atoms with Gasteiger partial charge in [0.05, 0.1) is 6.04 Å². The van der Waals surface area contributed by atoms with Gasteiger partial charge in [0, 0.05) is 4.47 Å². The van der Waals surface area contributed by atoms with E-state index in [2.05, 4.69) is 21.2 Å². The van der Waals surface area contributed by atoms with Crippen LogP contribution >= 0.6 is 27.5 Å². The SMILES string of the molecule is CCNC(Cc1cc(Br)ccc1F)c1ccc(Cl)o1. The van der Waals surface area contributed by atoms with E-state index in [0.717, 1.165) is 11.0 Å². The Bertz CT molecular complexity index is 558. The van der Waals surface area contributed by atoms with Crippen molar-refractivity contribution in [3.8, 4) is 0 Å². The highest BCUT2D eigenvalue weighted by molar-refractivity contribution is 9.10. The standard InChI is InChI=1S/C14H14BrClFNO/c1-2-18-12(13-5-6-14(16)19-13)8-9-7-10(15)3-4-11(9)17/h3-7,12,18H,2,8H2,1H3. The second kappa shape index (κ2) is 6.55. The zero-order valence-electron chi connectivity index (χ0n) is 10.4. The molecule has 0 aliphatic carbocycles. The summed E-state index contributed by atoms with van der Waals surface area (Å²) in [6.07, 6.45) is 0.503. The Balaban J connectivity index is 2.23. The molecule has 0 radical (unpaired) electrons. The summed E-state index contributed by atoms with van der Waals surface area (Å²) in [5, 5.41) is 3.61. The minimum Gasteiger partial charge on any atom is -0.448 e. The number of hydrogen-bond acceptors (Lipinski definition) is 2. The summed E-state index contributed by atoms with van der Waals surface area (Å²) in [7, 11) is 0. The average Bonchev–Trinajstić information content (AvgIpc) is 2.80. The first-order valence-electron chi connectivity index (χ1n) is 6.02. The summed E-state index contributed by atoms with van der Waals surface area (Å²) < 4.78 is 20.1. The van der Waals surface area contributed by atoms with Gasteiger partial charge in [-0.1, -0.05) is 22.9 Å². The van der Waals surface area contributed by atoms with Gasteiger partial charge < -0.3 is 9.73 Å². The van der Waals surface area contributed by atoms with E-state index >= 15 is 0 Å². The van der Waals surface area contributed by atoms with E-state index in [0.29, 0.717) is 23.0 Å². The lowest BCUT2D eigenvalue weighted by Crippen LogP contribution is -2.22. The molecule has 1 aromatic heterocycles. The average molecular weight is 347 g/mol. The minimum absolute atomic E-state index is 0.0960. The Morgan fingerprint density at radius 1 is 1.37 bits per heavy atom. The summed E-state index contributed by atoms with van der Waals surface area (Å²) in [5.74, 6) is 0.495. The highest BCUT2D eigenvalue weighted by Gasteiger charge is 2.17. The third-order valence-electron chi connectivity index (χ3n) is 2.82. The number of benzene rings is 1. The Morgan fingerprint density at radius 2 is 2.16 bits per heavy atom. The van der Waals surface area contributed by atoms with Gasteiger partial charge in [0.15, 0.2) is 5.22 Å². The molecule has 1 atom stereocenters. The van der Waals surface area contributed by atoms with Gasteiger partial charge in [-0.15, -0.1) is 0 Å². The number of halogens is 3.